The second-order valence-corrected chi connectivity index (χ2v) is 6.05. The average Bonchev–Trinajstić information content (AvgIpc) is 3.41. The lowest BCUT2D eigenvalue weighted by Crippen LogP contribution is -2.31. The number of amides is 1. The number of hydrogen-bond donors (Lipinski definition) is 0. The molecule has 0 atom stereocenters. The van der Waals surface area contributed by atoms with Gasteiger partial charge in [0.15, 0.2) is 17.3 Å². The summed E-state index contributed by atoms with van der Waals surface area (Å²) in [5.74, 6) is 1.66. The molecule has 0 bridgehead atoms. The van der Waals surface area contributed by atoms with Crippen LogP contribution in [0, 0.1) is 0 Å². The van der Waals surface area contributed by atoms with Crippen molar-refractivity contribution < 1.29 is 18.7 Å². The molecule has 134 valence electrons. The number of fused-ring (bicyclic) bond motifs is 1. The van der Waals surface area contributed by atoms with Gasteiger partial charge in [-0.1, -0.05) is 6.07 Å². The van der Waals surface area contributed by atoms with E-state index < -0.39 is 0 Å². The number of ether oxygens (including phenoxy) is 2. The first-order valence-electron chi connectivity index (χ1n) is 8.46. The maximum Gasteiger partial charge on any atom is 0.289 e. The van der Waals surface area contributed by atoms with Crippen molar-refractivity contribution in [1.29, 1.82) is 0 Å². The van der Waals surface area contributed by atoms with Gasteiger partial charge < -0.3 is 23.4 Å². The lowest BCUT2D eigenvalue weighted by atomic mass is 10.1. The van der Waals surface area contributed by atoms with E-state index in [9.17, 15) is 4.79 Å². The van der Waals surface area contributed by atoms with E-state index in [-0.39, 0.29) is 12.7 Å². The van der Waals surface area contributed by atoms with Crippen LogP contribution in [0.25, 0.3) is 0 Å². The molecule has 0 radical (unpaired) electrons. The van der Waals surface area contributed by atoms with E-state index in [2.05, 4.69) is 4.98 Å². The normalized spacial score (nSPS) is 12.3. The number of nitrogens with zero attached hydrogens (tertiary/aromatic N) is 3. The molecule has 7 nitrogen and oxygen atoms in total. The van der Waals surface area contributed by atoms with Crippen LogP contribution in [-0.2, 0) is 13.1 Å². The van der Waals surface area contributed by atoms with Gasteiger partial charge in [0.1, 0.15) is 0 Å². The molecule has 0 saturated carbocycles. The molecule has 3 heterocycles. The number of aryl methyl sites for hydroxylation is 1. The van der Waals surface area contributed by atoms with E-state index in [0.29, 0.717) is 24.6 Å². The quantitative estimate of drug-likeness (QED) is 0.653. The van der Waals surface area contributed by atoms with Gasteiger partial charge >= 0.3 is 0 Å². The Hall–Kier alpha value is -3.22. The Morgan fingerprint density at radius 3 is 2.96 bits per heavy atom. The second kappa shape index (κ2) is 7.35. The molecule has 4 rings (SSSR count). The monoisotopic (exact) mass is 353 g/mol. The maximum atomic E-state index is 12.8. The molecule has 0 unspecified atom stereocenters. The molecule has 26 heavy (non-hydrogen) atoms. The Morgan fingerprint density at radius 2 is 2.15 bits per heavy atom. The first-order chi connectivity index (χ1) is 12.8. The number of carbonyl (C=O) groups is 1. The van der Waals surface area contributed by atoms with Crippen molar-refractivity contribution in [1.82, 2.24) is 14.5 Å². The first-order valence-corrected chi connectivity index (χ1v) is 8.46. The minimum absolute atomic E-state index is 0.127. The summed E-state index contributed by atoms with van der Waals surface area (Å²) in [5.41, 5.74) is 0.983. The molecule has 7 heteroatoms. The molecule has 0 aliphatic carbocycles. The minimum atomic E-state index is -0.127. The Morgan fingerprint density at radius 1 is 1.23 bits per heavy atom. The highest BCUT2D eigenvalue weighted by atomic mass is 16.7. The predicted molar refractivity (Wildman–Crippen MR) is 92.9 cm³/mol. The van der Waals surface area contributed by atoms with Gasteiger partial charge in [-0.05, 0) is 36.2 Å². The van der Waals surface area contributed by atoms with Crippen molar-refractivity contribution in [2.75, 3.05) is 13.3 Å². The molecular formula is C19H19N3O4. The summed E-state index contributed by atoms with van der Waals surface area (Å²) in [7, 11) is 0. The number of furan rings is 1. The maximum absolute atomic E-state index is 12.8. The number of hydrogen-bond acceptors (Lipinski definition) is 5. The third-order valence-corrected chi connectivity index (χ3v) is 4.23. The Balaban J connectivity index is 1.47. The summed E-state index contributed by atoms with van der Waals surface area (Å²) in [4.78, 5) is 18.6. The molecule has 3 aromatic rings. The summed E-state index contributed by atoms with van der Waals surface area (Å²) in [6, 6.07) is 9.15. The van der Waals surface area contributed by atoms with Crippen molar-refractivity contribution in [2.24, 2.45) is 0 Å². The number of carbonyl (C=O) groups excluding carboxylic acids is 1. The second-order valence-electron chi connectivity index (χ2n) is 6.05. The zero-order chi connectivity index (χ0) is 17.8. The molecule has 1 aliphatic heterocycles. The van der Waals surface area contributed by atoms with Crippen LogP contribution < -0.4 is 9.47 Å². The van der Waals surface area contributed by atoms with Gasteiger partial charge in [-0.3, -0.25) is 4.79 Å². The van der Waals surface area contributed by atoms with E-state index in [1.807, 2.05) is 29.0 Å². The van der Waals surface area contributed by atoms with Gasteiger partial charge in [0, 0.05) is 32.0 Å². The van der Waals surface area contributed by atoms with Crippen molar-refractivity contribution >= 4 is 5.91 Å². The van der Waals surface area contributed by atoms with Crippen molar-refractivity contribution in [2.45, 2.75) is 19.5 Å². The summed E-state index contributed by atoms with van der Waals surface area (Å²) in [6.45, 7) is 2.11. The highest BCUT2D eigenvalue weighted by Crippen LogP contribution is 2.32. The van der Waals surface area contributed by atoms with Crippen LogP contribution in [0.3, 0.4) is 0 Å². The van der Waals surface area contributed by atoms with E-state index in [1.165, 1.54) is 6.26 Å². The van der Waals surface area contributed by atoms with Gasteiger partial charge in [-0.2, -0.15) is 0 Å². The zero-order valence-corrected chi connectivity index (χ0v) is 14.2. The van der Waals surface area contributed by atoms with Crippen LogP contribution in [-0.4, -0.2) is 33.7 Å². The highest BCUT2D eigenvalue weighted by molar-refractivity contribution is 5.91. The average molecular weight is 353 g/mol. The standard InChI is InChI=1S/C19H19N3O4/c23-19(17-3-1-10-24-17)22(8-2-7-21-9-6-20-13-21)12-15-4-5-16-18(11-15)26-14-25-16/h1,3-6,9-11,13H,2,7-8,12,14H2. The minimum Gasteiger partial charge on any atom is -0.459 e. The largest absolute Gasteiger partial charge is 0.459 e. The zero-order valence-electron chi connectivity index (χ0n) is 14.2. The van der Waals surface area contributed by atoms with E-state index in [0.717, 1.165) is 24.3 Å². The molecule has 1 amide bonds. The molecule has 0 saturated heterocycles. The van der Waals surface area contributed by atoms with Crippen LogP contribution in [0.5, 0.6) is 11.5 Å². The van der Waals surface area contributed by atoms with Crippen molar-refractivity contribution in [3.63, 3.8) is 0 Å². The van der Waals surface area contributed by atoms with Crippen molar-refractivity contribution in [3.05, 3.63) is 66.6 Å². The van der Waals surface area contributed by atoms with Crippen LogP contribution >= 0.6 is 0 Å². The van der Waals surface area contributed by atoms with E-state index in [4.69, 9.17) is 13.9 Å². The summed E-state index contributed by atoms with van der Waals surface area (Å²) in [5, 5.41) is 0. The molecular weight excluding hydrogens is 334 g/mol. The fourth-order valence-corrected chi connectivity index (χ4v) is 2.93. The van der Waals surface area contributed by atoms with Crippen LogP contribution in [0.4, 0.5) is 0 Å². The molecule has 1 aliphatic rings. The number of benzene rings is 1. The lowest BCUT2D eigenvalue weighted by molar-refractivity contribution is 0.0706. The van der Waals surface area contributed by atoms with Gasteiger partial charge in [0.2, 0.25) is 6.79 Å². The van der Waals surface area contributed by atoms with Gasteiger partial charge in [-0.25, -0.2) is 4.98 Å². The molecule has 2 aromatic heterocycles. The molecule has 0 N–H and O–H groups in total. The SMILES string of the molecule is O=C(c1ccco1)N(CCCn1ccnc1)Cc1ccc2c(c1)OCO2. The molecule has 1 aromatic carbocycles. The first kappa shape index (κ1) is 16.3. The fourth-order valence-electron chi connectivity index (χ4n) is 2.93. The van der Waals surface area contributed by atoms with Crippen LogP contribution in [0.2, 0.25) is 0 Å². The molecule has 0 spiro atoms. The van der Waals surface area contributed by atoms with Gasteiger partial charge in [-0.15, -0.1) is 0 Å². The third kappa shape index (κ3) is 3.56. The fraction of sp³-hybridized carbons (Fsp3) is 0.263. The van der Waals surface area contributed by atoms with Crippen LogP contribution in [0.15, 0.2) is 59.7 Å². The molecule has 0 fully saturated rings. The van der Waals surface area contributed by atoms with E-state index >= 15 is 0 Å². The third-order valence-electron chi connectivity index (χ3n) is 4.23. The van der Waals surface area contributed by atoms with Gasteiger partial charge in [0.05, 0.1) is 12.6 Å². The number of rotatable bonds is 7. The van der Waals surface area contributed by atoms with Crippen LogP contribution in [0.1, 0.15) is 22.5 Å². The Kier molecular flexibility index (Phi) is 4.59. The topological polar surface area (TPSA) is 69.7 Å². The summed E-state index contributed by atoms with van der Waals surface area (Å²) in [6.07, 6.45) is 7.76. The van der Waals surface area contributed by atoms with Crippen molar-refractivity contribution in [3.8, 4) is 11.5 Å². The number of aromatic nitrogens is 2. The summed E-state index contributed by atoms with van der Waals surface area (Å²) >= 11 is 0. The Bertz CT molecular complexity index is 859. The smallest absolute Gasteiger partial charge is 0.289 e. The predicted octanol–water partition coefficient (Wildman–Crippen LogP) is 2.94. The lowest BCUT2D eigenvalue weighted by Gasteiger charge is -2.22. The summed E-state index contributed by atoms with van der Waals surface area (Å²) < 4.78 is 18.1. The highest BCUT2D eigenvalue weighted by Gasteiger charge is 2.20. The number of imidazole rings is 1. The van der Waals surface area contributed by atoms with E-state index in [1.54, 1.807) is 29.6 Å². The van der Waals surface area contributed by atoms with Gasteiger partial charge in [0.25, 0.3) is 5.91 Å². The Labute approximate surface area is 150 Å².